The minimum atomic E-state index is 0.226. The predicted molar refractivity (Wildman–Crippen MR) is 85.0 cm³/mol. The molecular weight excluding hydrogens is 272 g/mol. The van der Waals surface area contributed by atoms with Gasteiger partial charge >= 0.3 is 0 Å². The number of Topliss-reactive ketones (excluding diaryl/α,β-unsaturated/α-hetero) is 1. The second-order valence-electron chi connectivity index (χ2n) is 5.53. The summed E-state index contributed by atoms with van der Waals surface area (Å²) in [4.78, 5) is 11.2. The van der Waals surface area contributed by atoms with Crippen LogP contribution in [0.4, 0.5) is 0 Å². The Morgan fingerprint density at radius 2 is 2.05 bits per heavy atom. The molecule has 0 bridgehead atoms. The van der Waals surface area contributed by atoms with E-state index in [0.29, 0.717) is 13.0 Å². The molecule has 0 spiro atoms. The van der Waals surface area contributed by atoms with Crippen molar-refractivity contribution in [3.63, 3.8) is 0 Å². The van der Waals surface area contributed by atoms with Crippen LogP contribution >= 0.6 is 11.6 Å². The highest BCUT2D eigenvalue weighted by molar-refractivity contribution is 6.32. The Bertz CT molecular complexity index is 480. The van der Waals surface area contributed by atoms with Crippen LogP contribution in [0.3, 0.4) is 0 Å². The third kappa shape index (κ3) is 4.24. The first-order chi connectivity index (χ1) is 9.38. The maximum atomic E-state index is 11.2. The summed E-state index contributed by atoms with van der Waals surface area (Å²) in [6.07, 6.45) is 2.40. The Labute approximate surface area is 127 Å². The lowest BCUT2D eigenvalue weighted by molar-refractivity contribution is -0.117. The van der Waals surface area contributed by atoms with Crippen molar-refractivity contribution < 1.29 is 9.53 Å². The molecule has 0 aliphatic heterocycles. The highest BCUT2D eigenvalue weighted by atomic mass is 35.5. The lowest BCUT2D eigenvalue weighted by Crippen LogP contribution is -2.06. The highest BCUT2D eigenvalue weighted by Crippen LogP contribution is 2.38. The molecule has 1 atom stereocenters. The zero-order valence-corrected chi connectivity index (χ0v) is 13.9. The van der Waals surface area contributed by atoms with E-state index in [1.165, 1.54) is 0 Å². The molecule has 0 fully saturated rings. The van der Waals surface area contributed by atoms with Gasteiger partial charge in [-0.15, -0.1) is 0 Å². The topological polar surface area (TPSA) is 26.3 Å². The number of halogens is 1. The van der Waals surface area contributed by atoms with Crippen LogP contribution in [0.2, 0.25) is 5.02 Å². The Morgan fingerprint density at radius 1 is 1.40 bits per heavy atom. The second kappa shape index (κ2) is 7.68. The van der Waals surface area contributed by atoms with Crippen LogP contribution in [0.5, 0.6) is 5.75 Å². The van der Waals surface area contributed by atoms with Crippen LogP contribution in [0, 0.1) is 13.8 Å². The number of benzene rings is 1. The molecule has 3 heteroatoms. The zero-order valence-electron chi connectivity index (χ0n) is 13.2. The first-order valence-corrected chi connectivity index (χ1v) is 7.68. The molecule has 1 unspecified atom stereocenters. The Kier molecular flexibility index (Phi) is 6.54. The van der Waals surface area contributed by atoms with Crippen LogP contribution in [-0.2, 0) is 4.79 Å². The second-order valence-corrected chi connectivity index (χ2v) is 5.91. The quantitative estimate of drug-likeness (QED) is 0.689. The van der Waals surface area contributed by atoms with Crippen molar-refractivity contribution in [2.24, 2.45) is 0 Å². The van der Waals surface area contributed by atoms with E-state index in [1.54, 1.807) is 6.92 Å². The van der Waals surface area contributed by atoms with Crippen molar-refractivity contribution in [3.05, 3.63) is 27.8 Å². The summed E-state index contributed by atoms with van der Waals surface area (Å²) >= 11 is 6.37. The van der Waals surface area contributed by atoms with E-state index in [9.17, 15) is 4.79 Å². The van der Waals surface area contributed by atoms with Crippen molar-refractivity contribution in [2.45, 2.75) is 59.8 Å². The van der Waals surface area contributed by atoms with E-state index in [-0.39, 0.29) is 11.7 Å². The molecule has 0 saturated heterocycles. The van der Waals surface area contributed by atoms with E-state index >= 15 is 0 Å². The molecule has 112 valence electrons. The first-order valence-electron chi connectivity index (χ1n) is 7.30. The number of hydrogen-bond donors (Lipinski definition) is 0. The SMILES string of the molecule is CCCOc1cc(C)c(Cl)c(C)c1C(C)CCC(C)=O. The van der Waals surface area contributed by atoms with Gasteiger partial charge in [-0.25, -0.2) is 0 Å². The standard InChI is InChI=1S/C17H25ClO2/c1-6-9-20-15-10-12(3)17(18)14(5)16(15)11(2)7-8-13(4)19/h10-11H,6-9H2,1-5H3. The number of rotatable bonds is 7. The molecule has 1 aromatic carbocycles. The summed E-state index contributed by atoms with van der Waals surface area (Å²) in [5.74, 6) is 1.41. The lowest BCUT2D eigenvalue weighted by atomic mass is 9.90. The van der Waals surface area contributed by atoms with E-state index in [2.05, 4.69) is 13.8 Å². The summed E-state index contributed by atoms with van der Waals surface area (Å²) in [5, 5.41) is 0.804. The molecule has 0 aromatic heterocycles. The van der Waals surface area contributed by atoms with Crippen molar-refractivity contribution in [1.29, 1.82) is 0 Å². The summed E-state index contributed by atoms with van der Waals surface area (Å²) in [6.45, 7) is 10.6. The third-order valence-electron chi connectivity index (χ3n) is 3.58. The highest BCUT2D eigenvalue weighted by Gasteiger charge is 2.19. The molecule has 20 heavy (non-hydrogen) atoms. The van der Waals surface area contributed by atoms with Gasteiger partial charge in [0.15, 0.2) is 0 Å². The summed E-state index contributed by atoms with van der Waals surface area (Å²) < 4.78 is 5.89. The van der Waals surface area contributed by atoms with E-state index in [1.807, 2.05) is 19.9 Å². The molecule has 0 aliphatic rings. The van der Waals surface area contributed by atoms with Crippen molar-refractivity contribution in [2.75, 3.05) is 6.61 Å². The maximum Gasteiger partial charge on any atom is 0.129 e. The van der Waals surface area contributed by atoms with Gasteiger partial charge in [0.2, 0.25) is 0 Å². The van der Waals surface area contributed by atoms with Crippen LogP contribution in [0.1, 0.15) is 62.6 Å². The van der Waals surface area contributed by atoms with Crippen molar-refractivity contribution >= 4 is 17.4 Å². The van der Waals surface area contributed by atoms with Gasteiger partial charge < -0.3 is 9.53 Å². The number of carbonyl (C=O) groups is 1. The fraction of sp³-hybridized carbons (Fsp3) is 0.588. The number of carbonyl (C=O) groups excluding carboxylic acids is 1. The van der Waals surface area contributed by atoms with Crippen LogP contribution in [0.25, 0.3) is 0 Å². The van der Waals surface area contributed by atoms with Crippen LogP contribution < -0.4 is 4.74 Å². The molecular formula is C17H25ClO2. The monoisotopic (exact) mass is 296 g/mol. The van der Waals surface area contributed by atoms with Gasteiger partial charge in [-0.05, 0) is 56.7 Å². The average molecular weight is 297 g/mol. The van der Waals surface area contributed by atoms with Gasteiger partial charge in [0.25, 0.3) is 0 Å². The Hall–Kier alpha value is -1.02. The number of aryl methyl sites for hydroxylation is 1. The Morgan fingerprint density at radius 3 is 2.60 bits per heavy atom. The predicted octanol–water partition coefficient (Wildman–Crippen LogP) is 5.22. The average Bonchev–Trinajstić information content (AvgIpc) is 2.39. The van der Waals surface area contributed by atoms with Gasteiger partial charge in [0.1, 0.15) is 11.5 Å². The summed E-state index contributed by atoms with van der Waals surface area (Å²) in [6, 6.07) is 2.02. The van der Waals surface area contributed by atoms with E-state index in [0.717, 1.165) is 40.3 Å². The molecule has 0 radical (unpaired) electrons. The smallest absolute Gasteiger partial charge is 0.129 e. The molecule has 0 N–H and O–H groups in total. The first kappa shape index (κ1) is 17.0. The molecule has 1 rings (SSSR count). The van der Waals surface area contributed by atoms with E-state index < -0.39 is 0 Å². The van der Waals surface area contributed by atoms with Gasteiger partial charge in [-0.1, -0.05) is 25.4 Å². The van der Waals surface area contributed by atoms with Crippen LogP contribution in [-0.4, -0.2) is 12.4 Å². The summed E-state index contributed by atoms with van der Waals surface area (Å²) in [7, 11) is 0. The summed E-state index contributed by atoms with van der Waals surface area (Å²) in [5.41, 5.74) is 3.27. The number of ketones is 1. The van der Waals surface area contributed by atoms with Crippen LogP contribution in [0.15, 0.2) is 6.07 Å². The molecule has 0 amide bonds. The Balaban J connectivity index is 3.12. The molecule has 0 aliphatic carbocycles. The van der Waals surface area contributed by atoms with Gasteiger partial charge in [0.05, 0.1) is 6.61 Å². The van der Waals surface area contributed by atoms with E-state index in [4.69, 9.17) is 16.3 Å². The normalized spacial score (nSPS) is 12.3. The number of hydrogen-bond acceptors (Lipinski definition) is 2. The van der Waals surface area contributed by atoms with Crippen molar-refractivity contribution in [3.8, 4) is 5.75 Å². The lowest BCUT2D eigenvalue weighted by Gasteiger charge is -2.21. The maximum absolute atomic E-state index is 11.2. The third-order valence-corrected chi connectivity index (χ3v) is 4.16. The van der Waals surface area contributed by atoms with Crippen molar-refractivity contribution in [1.82, 2.24) is 0 Å². The molecule has 0 saturated carbocycles. The largest absolute Gasteiger partial charge is 0.493 e. The van der Waals surface area contributed by atoms with Gasteiger partial charge in [-0.2, -0.15) is 0 Å². The molecule has 1 aromatic rings. The molecule has 0 heterocycles. The number of ether oxygens (including phenoxy) is 1. The van der Waals surface area contributed by atoms with Gasteiger partial charge in [-0.3, -0.25) is 0 Å². The minimum absolute atomic E-state index is 0.226. The van der Waals surface area contributed by atoms with Gasteiger partial charge in [0, 0.05) is 17.0 Å². The zero-order chi connectivity index (χ0) is 15.3. The fourth-order valence-electron chi connectivity index (χ4n) is 2.44. The minimum Gasteiger partial charge on any atom is -0.493 e. The fourth-order valence-corrected chi connectivity index (χ4v) is 2.60. The molecule has 2 nitrogen and oxygen atoms in total.